The Labute approximate surface area is 92.1 Å². The number of halogens is 3. The van der Waals surface area contributed by atoms with Crippen molar-refractivity contribution in [3.63, 3.8) is 0 Å². The van der Waals surface area contributed by atoms with Crippen LogP contribution < -0.4 is 4.74 Å². The summed E-state index contributed by atoms with van der Waals surface area (Å²) in [4.78, 5) is 9.77. The van der Waals surface area contributed by atoms with E-state index in [1.165, 1.54) is 12.1 Å². The molecule has 0 aliphatic carbocycles. The third-order valence-corrected chi connectivity index (χ3v) is 2.15. The minimum atomic E-state index is -2.61. The average molecular weight is 282 g/mol. The van der Waals surface area contributed by atoms with Crippen molar-refractivity contribution in [2.24, 2.45) is 0 Å². The van der Waals surface area contributed by atoms with Gasteiger partial charge in [0.2, 0.25) is 0 Å². The molecule has 0 radical (unpaired) electrons. The lowest BCUT2D eigenvalue weighted by Gasteiger charge is -2.06. The summed E-state index contributed by atoms with van der Waals surface area (Å²) in [5, 5.41) is 10.4. The molecule has 7 heteroatoms. The van der Waals surface area contributed by atoms with Gasteiger partial charge in [-0.2, -0.15) is 0 Å². The van der Waals surface area contributed by atoms with Gasteiger partial charge in [0.1, 0.15) is 12.4 Å². The van der Waals surface area contributed by atoms with E-state index in [9.17, 15) is 18.9 Å². The maximum absolute atomic E-state index is 11.8. The predicted octanol–water partition coefficient (Wildman–Crippen LogP) is 3.00. The SMILES string of the molecule is O=[N+]([O-])c1ccc(Br)c(OCC(F)F)c1. The van der Waals surface area contributed by atoms with Crippen LogP contribution in [0.3, 0.4) is 0 Å². The number of hydrogen-bond donors (Lipinski definition) is 0. The lowest BCUT2D eigenvalue weighted by molar-refractivity contribution is -0.385. The lowest BCUT2D eigenvalue weighted by atomic mass is 10.3. The molecule has 15 heavy (non-hydrogen) atoms. The van der Waals surface area contributed by atoms with Gasteiger partial charge in [0.05, 0.1) is 15.5 Å². The summed E-state index contributed by atoms with van der Waals surface area (Å²) >= 11 is 3.04. The molecule has 0 unspecified atom stereocenters. The van der Waals surface area contributed by atoms with Crippen LogP contribution in [0, 0.1) is 10.1 Å². The normalized spacial score (nSPS) is 10.4. The van der Waals surface area contributed by atoms with Crippen LogP contribution in [0.4, 0.5) is 14.5 Å². The van der Waals surface area contributed by atoms with E-state index in [2.05, 4.69) is 20.7 Å². The minimum Gasteiger partial charge on any atom is -0.486 e. The van der Waals surface area contributed by atoms with Crippen LogP contribution in [-0.2, 0) is 0 Å². The molecule has 0 aliphatic rings. The van der Waals surface area contributed by atoms with Gasteiger partial charge < -0.3 is 4.74 Å². The highest BCUT2D eigenvalue weighted by Crippen LogP contribution is 2.29. The van der Waals surface area contributed by atoms with Crippen molar-refractivity contribution in [2.75, 3.05) is 6.61 Å². The van der Waals surface area contributed by atoms with Crippen molar-refractivity contribution in [1.82, 2.24) is 0 Å². The topological polar surface area (TPSA) is 52.4 Å². The fraction of sp³-hybridized carbons (Fsp3) is 0.250. The summed E-state index contributed by atoms with van der Waals surface area (Å²) in [7, 11) is 0. The van der Waals surface area contributed by atoms with Crippen LogP contribution in [0.5, 0.6) is 5.75 Å². The zero-order valence-corrected chi connectivity index (χ0v) is 8.91. The van der Waals surface area contributed by atoms with Crippen LogP contribution >= 0.6 is 15.9 Å². The Morgan fingerprint density at radius 2 is 2.20 bits per heavy atom. The van der Waals surface area contributed by atoms with E-state index in [0.29, 0.717) is 4.47 Å². The van der Waals surface area contributed by atoms with Crippen LogP contribution in [0.25, 0.3) is 0 Å². The van der Waals surface area contributed by atoms with E-state index in [1.54, 1.807) is 0 Å². The van der Waals surface area contributed by atoms with Gasteiger partial charge in [-0.25, -0.2) is 8.78 Å². The van der Waals surface area contributed by atoms with Crippen LogP contribution in [0.2, 0.25) is 0 Å². The molecule has 0 bridgehead atoms. The Morgan fingerprint density at radius 1 is 1.53 bits per heavy atom. The minimum absolute atomic E-state index is 0.0319. The molecule has 0 heterocycles. The molecule has 0 atom stereocenters. The first-order valence-corrected chi connectivity index (χ1v) is 4.65. The first-order valence-electron chi connectivity index (χ1n) is 3.85. The number of nitrogens with zero attached hydrogens (tertiary/aromatic N) is 1. The third kappa shape index (κ3) is 3.43. The summed E-state index contributed by atoms with van der Waals surface area (Å²) in [6.45, 7) is -0.792. The summed E-state index contributed by atoms with van der Waals surface area (Å²) in [6.07, 6.45) is -2.61. The molecule has 0 saturated carbocycles. The van der Waals surface area contributed by atoms with Crippen molar-refractivity contribution in [3.05, 3.63) is 32.8 Å². The fourth-order valence-electron chi connectivity index (χ4n) is 0.869. The molecule has 0 fully saturated rings. The fourth-order valence-corrected chi connectivity index (χ4v) is 1.23. The summed E-state index contributed by atoms with van der Waals surface area (Å²) in [6, 6.07) is 3.71. The number of non-ortho nitro benzene ring substituents is 1. The van der Waals surface area contributed by atoms with E-state index in [0.717, 1.165) is 6.07 Å². The van der Waals surface area contributed by atoms with Crippen molar-refractivity contribution < 1.29 is 18.4 Å². The molecule has 82 valence electrons. The van der Waals surface area contributed by atoms with Gasteiger partial charge in [-0.1, -0.05) is 0 Å². The lowest BCUT2D eigenvalue weighted by Crippen LogP contribution is -2.07. The molecule has 4 nitrogen and oxygen atoms in total. The Kier molecular flexibility index (Phi) is 3.96. The van der Waals surface area contributed by atoms with Gasteiger partial charge in [0, 0.05) is 6.07 Å². The summed E-state index contributed by atoms with van der Waals surface area (Å²) in [5.74, 6) is 0.0319. The highest BCUT2D eigenvalue weighted by Gasteiger charge is 2.12. The monoisotopic (exact) mass is 281 g/mol. The van der Waals surface area contributed by atoms with Gasteiger partial charge in [0.15, 0.2) is 0 Å². The molecule has 0 aromatic heterocycles. The summed E-state index contributed by atoms with van der Waals surface area (Å²) < 4.78 is 28.8. The Bertz CT molecular complexity index is 373. The van der Waals surface area contributed by atoms with Gasteiger partial charge in [-0.3, -0.25) is 10.1 Å². The molecule has 0 spiro atoms. The van der Waals surface area contributed by atoms with Gasteiger partial charge in [-0.15, -0.1) is 0 Å². The van der Waals surface area contributed by atoms with Crippen molar-refractivity contribution in [1.29, 1.82) is 0 Å². The molecule has 1 aromatic carbocycles. The van der Waals surface area contributed by atoms with E-state index in [1.807, 2.05) is 0 Å². The Balaban J connectivity index is 2.85. The van der Waals surface area contributed by atoms with Crippen LogP contribution in [0.1, 0.15) is 0 Å². The second-order valence-corrected chi connectivity index (χ2v) is 3.43. The van der Waals surface area contributed by atoms with E-state index in [4.69, 9.17) is 0 Å². The van der Waals surface area contributed by atoms with E-state index in [-0.39, 0.29) is 11.4 Å². The molecule has 1 rings (SSSR count). The largest absolute Gasteiger partial charge is 0.486 e. The highest BCUT2D eigenvalue weighted by atomic mass is 79.9. The standard InChI is InChI=1S/C8H6BrF2NO3/c9-6-2-1-5(12(13)14)3-7(6)15-4-8(10)11/h1-3,8H,4H2. The number of benzene rings is 1. The number of alkyl halides is 2. The quantitative estimate of drug-likeness (QED) is 0.630. The predicted molar refractivity (Wildman–Crippen MR) is 52.3 cm³/mol. The molecular formula is C8H6BrF2NO3. The second-order valence-electron chi connectivity index (χ2n) is 2.57. The van der Waals surface area contributed by atoms with Crippen LogP contribution in [0.15, 0.2) is 22.7 Å². The molecule has 0 N–H and O–H groups in total. The maximum atomic E-state index is 11.8. The van der Waals surface area contributed by atoms with Gasteiger partial charge >= 0.3 is 0 Å². The molecular weight excluding hydrogens is 276 g/mol. The first-order chi connectivity index (χ1) is 7.00. The molecule has 0 amide bonds. The second kappa shape index (κ2) is 5.01. The number of nitro groups is 1. The summed E-state index contributed by atoms with van der Waals surface area (Å²) in [5.41, 5.74) is -0.206. The highest BCUT2D eigenvalue weighted by molar-refractivity contribution is 9.10. The van der Waals surface area contributed by atoms with Crippen LogP contribution in [-0.4, -0.2) is 18.0 Å². The zero-order valence-electron chi connectivity index (χ0n) is 7.32. The zero-order chi connectivity index (χ0) is 11.4. The molecule has 1 aromatic rings. The van der Waals surface area contributed by atoms with Crippen molar-refractivity contribution in [3.8, 4) is 5.75 Å². The van der Waals surface area contributed by atoms with Crippen molar-refractivity contribution in [2.45, 2.75) is 6.43 Å². The molecule has 0 saturated heterocycles. The van der Waals surface area contributed by atoms with Crippen molar-refractivity contribution >= 4 is 21.6 Å². The average Bonchev–Trinajstić information content (AvgIpc) is 2.16. The first kappa shape index (κ1) is 11.8. The van der Waals surface area contributed by atoms with E-state index >= 15 is 0 Å². The Morgan fingerprint density at radius 3 is 2.73 bits per heavy atom. The van der Waals surface area contributed by atoms with Gasteiger partial charge in [0.25, 0.3) is 12.1 Å². The van der Waals surface area contributed by atoms with E-state index < -0.39 is 18.0 Å². The van der Waals surface area contributed by atoms with Gasteiger partial charge in [-0.05, 0) is 22.0 Å². The maximum Gasteiger partial charge on any atom is 0.273 e. The Hall–Kier alpha value is -1.24. The number of hydrogen-bond acceptors (Lipinski definition) is 3. The number of rotatable bonds is 4. The number of nitro benzene ring substituents is 1. The third-order valence-electron chi connectivity index (χ3n) is 1.49. The number of ether oxygens (including phenoxy) is 1. The molecule has 0 aliphatic heterocycles. The smallest absolute Gasteiger partial charge is 0.273 e.